The van der Waals surface area contributed by atoms with Crippen molar-refractivity contribution in [2.24, 2.45) is 0 Å². The first-order valence-electron chi connectivity index (χ1n) is 7.20. The van der Waals surface area contributed by atoms with Crippen molar-refractivity contribution in [2.75, 3.05) is 25.0 Å². The van der Waals surface area contributed by atoms with E-state index < -0.39 is 11.7 Å². The molecule has 0 saturated heterocycles. The number of hydrogen-bond acceptors (Lipinski definition) is 4. The summed E-state index contributed by atoms with van der Waals surface area (Å²) in [4.78, 5) is 15.3. The summed E-state index contributed by atoms with van der Waals surface area (Å²) in [5.74, 6) is -0.0428. The number of carbonyl (C=O) groups excluding carboxylic acids is 1. The molecule has 0 fully saturated rings. The Balaban J connectivity index is 0. The summed E-state index contributed by atoms with van der Waals surface area (Å²) in [6.07, 6.45) is -3.62. The van der Waals surface area contributed by atoms with Crippen LogP contribution in [0.25, 0.3) is 0 Å². The standard InChI is InChI=1S/C14H20ClF3N4O.2ClH/c1-3-19-9(2)7-21-12(23)4-5-20-13-11(15)6-10(8-22-13)14(16,17)18;;/h6,8-9,19H,3-5,7H2,1-2H3,(H,20,22)(H,21,23);2*1H/t9-;;/m1../s1. The third-order valence-electron chi connectivity index (χ3n) is 2.97. The van der Waals surface area contributed by atoms with Crippen LogP contribution in [0, 0.1) is 0 Å². The van der Waals surface area contributed by atoms with Crippen LogP contribution in [0.4, 0.5) is 19.0 Å². The van der Waals surface area contributed by atoms with Crippen LogP contribution < -0.4 is 16.0 Å². The molecule has 1 rings (SSSR count). The average Bonchev–Trinajstić information content (AvgIpc) is 2.46. The predicted octanol–water partition coefficient (Wildman–Crippen LogP) is 3.51. The molecule has 0 aromatic carbocycles. The molecule has 3 N–H and O–H groups in total. The Morgan fingerprint density at radius 3 is 2.52 bits per heavy atom. The molecule has 0 saturated carbocycles. The fourth-order valence-corrected chi connectivity index (χ4v) is 2.03. The van der Waals surface area contributed by atoms with E-state index in [0.717, 1.165) is 12.6 Å². The van der Waals surface area contributed by atoms with Crippen LogP contribution >= 0.6 is 36.4 Å². The summed E-state index contributed by atoms with van der Waals surface area (Å²) >= 11 is 5.75. The van der Waals surface area contributed by atoms with Crippen LogP contribution in [-0.4, -0.2) is 36.6 Å². The minimum absolute atomic E-state index is 0. The quantitative estimate of drug-likeness (QED) is 0.596. The number of anilines is 1. The number of alkyl halides is 3. The molecule has 1 aromatic rings. The number of carbonyl (C=O) groups is 1. The van der Waals surface area contributed by atoms with Gasteiger partial charge in [-0.3, -0.25) is 4.79 Å². The van der Waals surface area contributed by atoms with Crippen molar-refractivity contribution in [1.82, 2.24) is 15.6 Å². The van der Waals surface area contributed by atoms with Gasteiger partial charge in [0, 0.05) is 31.7 Å². The highest BCUT2D eigenvalue weighted by Crippen LogP contribution is 2.32. The van der Waals surface area contributed by atoms with Gasteiger partial charge in [0.1, 0.15) is 5.82 Å². The molecule has 5 nitrogen and oxygen atoms in total. The highest BCUT2D eigenvalue weighted by molar-refractivity contribution is 6.32. The van der Waals surface area contributed by atoms with E-state index in [0.29, 0.717) is 12.7 Å². The zero-order valence-corrected chi connectivity index (χ0v) is 16.1. The van der Waals surface area contributed by atoms with E-state index in [9.17, 15) is 18.0 Å². The van der Waals surface area contributed by atoms with E-state index in [1.807, 2.05) is 13.8 Å². The SMILES string of the molecule is CCN[C@H](C)CNC(=O)CCNc1ncc(C(F)(F)F)cc1Cl.Cl.Cl. The van der Waals surface area contributed by atoms with Crippen LogP contribution in [0.5, 0.6) is 0 Å². The molecule has 1 aromatic heterocycles. The van der Waals surface area contributed by atoms with Crippen LogP contribution in [0.15, 0.2) is 12.3 Å². The molecule has 1 atom stereocenters. The van der Waals surface area contributed by atoms with Gasteiger partial charge in [-0.05, 0) is 19.5 Å². The normalized spacial score (nSPS) is 11.8. The number of halogens is 6. The summed E-state index contributed by atoms with van der Waals surface area (Å²) in [5, 5.41) is 8.52. The third-order valence-corrected chi connectivity index (χ3v) is 3.26. The maximum Gasteiger partial charge on any atom is 0.417 e. The Kier molecular flexibility index (Phi) is 13.0. The van der Waals surface area contributed by atoms with Crippen LogP contribution in [-0.2, 0) is 11.0 Å². The number of nitrogens with zero attached hydrogens (tertiary/aromatic N) is 1. The molecule has 11 heteroatoms. The second-order valence-electron chi connectivity index (χ2n) is 4.99. The average molecular weight is 426 g/mol. The van der Waals surface area contributed by atoms with Crippen LogP contribution in [0.2, 0.25) is 5.02 Å². The number of rotatable bonds is 8. The molecule has 0 aliphatic carbocycles. The number of aromatic nitrogens is 1. The molecule has 0 radical (unpaired) electrons. The van der Waals surface area contributed by atoms with Gasteiger partial charge in [-0.15, -0.1) is 24.8 Å². The van der Waals surface area contributed by atoms with Crippen LogP contribution in [0.3, 0.4) is 0 Å². The summed E-state index contributed by atoms with van der Waals surface area (Å²) in [7, 11) is 0. The lowest BCUT2D eigenvalue weighted by atomic mass is 10.2. The number of likely N-dealkylation sites (N-methyl/N-ethyl adjacent to an activating group) is 1. The van der Waals surface area contributed by atoms with Crippen molar-refractivity contribution < 1.29 is 18.0 Å². The van der Waals surface area contributed by atoms with Gasteiger partial charge in [0.25, 0.3) is 0 Å². The molecule has 1 heterocycles. The monoisotopic (exact) mass is 424 g/mol. The molecular weight excluding hydrogens is 404 g/mol. The number of hydrogen-bond donors (Lipinski definition) is 3. The Morgan fingerprint density at radius 1 is 1.36 bits per heavy atom. The van der Waals surface area contributed by atoms with Crippen molar-refractivity contribution >= 4 is 48.1 Å². The topological polar surface area (TPSA) is 66.0 Å². The fraction of sp³-hybridized carbons (Fsp3) is 0.571. The Morgan fingerprint density at radius 2 is 2.00 bits per heavy atom. The van der Waals surface area contributed by atoms with E-state index in [-0.39, 0.29) is 60.6 Å². The lowest BCUT2D eigenvalue weighted by molar-refractivity contribution is -0.137. The maximum atomic E-state index is 12.5. The van der Waals surface area contributed by atoms with Gasteiger partial charge in [-0.25, -0.2) is 4.98 Å². The largest absolute Gasteiger partial charge is 0.417 e. The minimum Gasteiger partial charge on any atom is -0.368 e. The Hall–Kier alpha value is -0.960. The highest BCUT2D eigenvalue weighted by Gasteiger charge is 2.31. The van der Waals surface area contributed by atoms with Gasteiger partial charge < -0.3 is 16.0 Å². The number of nitrogens with one attached hydrogen (secondary N) is 3. The second-order valence-corrected chi connectivity index (χ2v) is 5.40. The second kappa shape index (κ2) is 12.4. The van der Waals surface area contributed by atoms with E-state index in [4.69, 9.17) is 11.6 Å². The first-order valence-corrected chi connectivity index (χ1v) is 7.58. The molecule has 0 aliphatic heterocycles. The van der Waals surface area contributed by atoms with Crippen molar-refractivity contribution in [2.45, 2.75) is 32.5 Å². The zero-order chi connectivity index (χ0) is 17.5. The fourth-order valence-electron chi connectivity index (χ4n) is 1.79. The molecule has 146 valence electrons. The lowest BCUT2D eigenvalue weighted by Crippen LogP contribution is -2.39. The first-order chi connectivity index (χ1) is 10.7. The summed E-state index contributed by atoms with van der Waals surface area (Å²) < 4.78 is 37.5. The molecule has 1 amide bonds. The Labute approximate surface area is 162 Å². The summed E-state index contributed by atoms with van der Waals surface area (Å²) in [6, 6.07) is 0.970. The summed E-state index contributed by atoms with van der Waals surface area (Å²) in [5.41, 5.74) is -0.914. The van der Waals surface area contributed by atoms with E-state index >= 15 is 0 Å². The van der Waals surface area contributed by atoms with Gasteiger partial charge in [0.05, 0.1) is 10.6 Å². The predicted molar refractivity (Wildman–Crippen MR) is 98.0 cm³/mol. The molecule has 0 spiro atoms. The zero-order valence-electron chi connectivity index (χ0n) is 13.7. The van der Waals surface area contributed by atoms with Gasteiger partial charge in [0.15, 0.2) is 0 Å². The van der Waals surface area contributed by atoms with Crippen molar-refractivity contribution in [3.63, 3.8) is 0 Å². The molecular formula is C14H22Cl3F3N4O. The van der Waals surface area contributed by atoms with Crippen molar-refractivity contribution in [1.29, 1.82) is 0 Å². The van der Waals surface area contributed by atoms with E-state index in [2.05, 4.69) is 20.9 Å². The third kappa shape index (κ3) is 9.94. The number of pyridine rings is 1. The van der Waals surface area contributed by atoms with Gasteiger partial charge in [-0.1, -0.05) is 18.5 Å². The van der Waals surface area contributed by atoms with Crippen molar-refractivity contribution in [3.05, 3.63) is 22.8 Å². The molecule has 0 aliphatic rings. The van der Waals surface area contributed by atoms with E-state index in [1.165, 1.54) is 0 Å². The summed E-state index contributed by atoms with van der Waals surface area (Å²) in [6.45, 7) is 5.47. The first kappa shape index (κ1) is 26.3. The van der Waals surface area contributed by atoms with E-state index in [1.54, 1.807) is 0 Å². The Bertz CT molecular complexity index is 533. The molecule has 25 heavy (non-hydrogen) atoms. The van der Waals surface area contributed by atoms with Gasteiger partial charge >= 0.3 is 6.18 Å². The highest BCUT2D eigenvalue weighted by atomic mass is 35.5. The van der Waals surface area contributed by atoms with Crippen molar-refractivity contribution in [3.8, 4) is 0 Å². The molecule has 0 unspecified atom stereocenters. The van der Waals surface area contributed by atoms with Gasteiger partial charge in [0.2, 0.25) is 5.91 Å². The number of amides is 1. The van der Waals surface area contributed by atoms with Gasteiger partial charge in [-0.2, -0.15) is 13.2 Å². The molecule has 0 bridgehead atoms. The smallest absolute Gasteiger partial charge is 0.368 e. The van der Waals surface area contributed by atoms with Crippen LogP contribution in [0.1, 0.15) is 25.8 Å². The maximum absolute atomic E-state index is 12.5. The minimum atomic E-state index is -4.49. The lowest BCUT2D eigenvalue weighted by Gasteiger charge is -2.14.